The monoisotopic (exact) mass is 376 g/mol. The van der Waals surface area contributed by atoms with Gasteiger partial charge in [-0.25, -0.2) is 0 Å². The second kappa shape index (κ2) is 10.4. The van der Waals surface area contributed by atoms with Crippen molar-refractivity contribution in [3.05, 3.63) is 59.7 Å². The number of ether oxygens (including phenoxy) is 3. The Morgan fingerprint density at radius 1 is 0.731 bits per heavy atom. The molecular weight excluding hydrogens is 348 g/mol. The van der Waals surface area contributed by atoms with E-state index in [2.05, 4.69) is 38.1 Å². The summed E-state index contributed by atoms with van der Waals surface area (Å²) in [6.07, 6.45) is 1.75. The van der Waals surface area contributed by atoms with Crippen LogP contribution in [0.5, 0.6) is 11.5 Å². The van der Waals surface area contributed by atoms with Gasteiger partial charge in [0, 0.05) is 31.4 Å². The van der Waals surface area contributed by atoms with Crippen LogP contribution in [-0.4, -0.2) is 32.8 Å². The second-order valence-corrected chi connectivity index (χ2v) is 7.14. The molecule has 2 rings (SSSR count). The van der Waals surface area contributed by atoms with Gasteiger partial charge in [0.05, 0.1) is 13.2 Å². The third-order valence-corrected chi connectivity index (χ3v) is 4.73. The molecule has 0 saturated heterocycles. The highest BCUT2D eigenvalue weighted by Gasteiger charge is 2.23. The van der Waals surface area contributed by atoms with Gasteiger partial charge in [-0.3, -0.25) is 0 Å². The number of benzene rings is 2. The first-order chi connectivity index (χ1) is 12.6. The van der Waals surface area contributed by atoms with E-state index in [0.717, 1.165) is 30.9 Å². The molecule has 0 aliphatic carbocycles. The van der Waals surface area contributed by atoms with Crippen molar-refractivity contribution < 1.29 is 14.2 Å². The summed E-state index contributed by atoms with van der Waals surface area (Å²) in [5.41, 5.74) is 2.40. The van der Waals surface area contributed by atoms with Gasteiger partial charge in [-0.15, -0.1) is 11.6 Å². The lowest BCUT2D eigenvalue weighted by atomic mass is 9.78. The average Bonchev–Trinajstić information content (AvgIpc) is 2.66. The molecule has 4 heteroatoms. The Balaban J connectivity index is 1.99. The van der Waals surface area contributed by atoms with Crippen LogP contribution in [0.1, 0.15) is 37.8 Å². The van der Waals surface area contributed by atoms with E-state index in [-0.39, 0.29) is 5.41 Å². The average molecular weight is 377 g/mol. The van der Waals surface area contributed by atoms with Gasteiger partial charge in [-0.1, -0.05) is 38.1 Å². The summed E-state index contributed by atoms with van der Waals surface area (Å²) in [7, 11) is 1.70. The zero-order valence-electron chi connectivity index (χ0n) is 16.0. The number of hydrogen-bond donors (Lipinski definition) is 0. The van der Waals surface area contributed by atoms with E-state index in [4.69, 9.17) is 25.8 Å². The third kappa shape index (κ3) is 5.93. The molecule has 0 N–H and O–H groups in total. The molecule has 0 unspecified atom stereocenters. The molecule has 0 aromatic heterocycles. The summed E-state index contributed by atoms with van der Waals surface area (Å²) in [4.78, 5) is 0. The van der Waals surface area contributed by atoms with Gasteiger partial charge in [-0.05, 0) is 41.8 Å². The van der Waals surface area contributed by atoms with E-state index in [0.29, 0.717) is 19.1 Å². The number of alkyl halides is 1. The third-order valence-electron chi connectivity index (χ3n) is 4.46. The first-order valence-corrected chi connectivity index (χ1v) is 9.63. The highest BCUT2D eigenvalue weighted by Crippen LogP contribution is 2.33. The fourth-order valence-electron chi connectivity index (χ4n) is 2.74. The van der Waals surface area contributed by atoms with Crippen molar-refractivity contribution in [3.63, 3.8) is 0 Å². The quantitative estimate of drug-likeness (QED) is 0.386. The molecule has 0 amide bonds. The molecule has 3 nitrogen and oxygen atoms in total. The highest BCUT2D eigenvalue weighted by atomic mass is 35.5. The predicted octanol–water partition coefficient (Wildman–Crippen LogP) is 5.44. The number of methoxy groups -OCH3 is 1. The topological polar surface area (TPSA) is 27.7 Å². The lowest BCUT2D eigenvalue weighted by Crippen LogP contribution is -2.18. The van der Waals surface area contributed by atoms with Crippen LogP contribution in [0.4, 0.5) is 0 Å². The molecule has 0 saturated carbocycles. The molecule has 0 spiro atoms. The Kier molecular flexibility index (Phi) is 8.27. The predicted molar refractivity (Wildman–Crippen MR) is 108 cm³/mol. The van der Waals surface area contributed by atoms with Crippen LogP contribution >= 0.6 is 11.6 Å². The van der Waals surface area contributed by atoms with Crippen LogP contribution in [0, 0.1) is 0 Å². The van der Waals surface area contributed by atoms with E-state index < -0.39 is 0 Å². The van der Waals surface area contributed by atoms with E-state index in [1.165, 1.54) is 11.1 Å². The van der Waals surface area contributed by atoms with Crippen LogP contribution in [0.2, 0.25) is 0 Å². The summed E-state index contributed by atoms with van der Waals surface area (Å²) in [6.45, 7) is 6.49. The second-order valence-electron chi connectivity index (χ2n) is 6.76. The van der Waals surface area contributed by atoms with Crippen molar-refractivity contribution in [3.8, 4) is 11.5 Å². The minimum absolute atomic E-state index is 0.0940. The van der Waals surface area contributed by atoms with Crippen molar-refractivity contribution in [2.45, 2.75) is 32.1 Å². The van der Waals surface area contributed by atoms with Gasteiger partial charge in [0.1, 0.15) is 11.5 Å². The summed E-state index contributed by atoms with van der Waals surface area (Å²) >= 11 is 5.68. The van der Waals surface area contributed by atoms with Crippen LogP contribution in [0.3, 0.4) is 0 Å². The first kappa shape index (κ1) is 20.6. The molecule has 0 bridgehead atoms. The van der Waals surface area contributed by atoms with Gasteiger partial charge in [0.25, 0.3) is 0 Å². The van der Waals surface area contributed by atoms with E-state index in [1.54, 1.807) is 7.11 Å². The smallest absolute Gasteiger partial charge is 0.119 e. The van der Waals surface area contributed by atoms with Gasteiger partial charge >= 0.3 is 0 Å². The first-order valence-electron chi connectivity index (χ1n) is 9.09. The lowest BCUT2D eigenvalue weighted by Gasteiger charge is -2.26. The normalized spacial score (nSPS) is 11.4. The van der Waals surface area contributed by atoms with Gasteiger partial charge in [-0.2, -0.15) is 0 Å². The maximum atomic E-state index is 5.74. The SMILES string of the molecule is COCCCOc1ccc(C(C)(C)c2ccc(OCCCCl)cc2)cc1. The Labute approximate surface area is 162 Å². The number of hydrogen-bond acceptors (Lipinski definition) is 3. The Hall–Kier alpha value is -1.71. The van der Waals surface area contributed by atoms with Crippen LogP contribution < -0.4 is 9.47 Å². The summed E-state index contributed by atoms with van der Waals surface area (Å²) in [5, 5.41) is 0. The standard InChI is InChI=1S/C22H29ClO3/c1-22(2,18-6-10-20(11-7-18)25-16-4-14-23)19-8-12-21(13-9-19)26-17-5-15-24-3/h6-13H,4-5,14-17H2,1-3H3. The van der Waals surface area contributed by atoms with Crippen molar-refractivity contribution in [1.29, 1.82) is 0 Å². The number of rotatable bonds is 11. The van der Waals surface area contributed by atoms with E-state index in [9.17, 15) is 0 Å². The molecule has 0 aliphatic rings. The fraction of sp³-hybridized carbons (Fsp3) is 0.455. The summed E-state index contributed by atoms with van der Waals surface area (Å²) < 4.78 is 16.5. The van der Waals surface area contributed by atoms with E-state index in [1.807, 2.05) is 24.3 Å². The van der Waals surface area contributed by atoms with Crippen molar-refractivity contribution in [2.75, 3.05) is 32.8 Å². The molecule has 0 radical (unpaired) electrons. The molecule has 26 heavy (non-hydrogen) atoms. The molecule has 2 aromatic carbocycles. The maximum Gasteiger partial charge on any atom is 0.119 e. The van der Waals surface area contributed by atoms with Gasteiger partial charge < -0.3 is 14.2 Å². The Bertz CT molecular complexity index is 635. The highest BCUT2D eigenvalue weighted by molar-refractivity contribution is 6.17. The van der Waals surface area contributed by atoms with Crippen molar-refractivity contribution in [2.24, 2.45) is 0 Å². The maximum absolute atomic E-state index is 5.74. The van der Waals surface area contributed by atoms with Crippen molar-refractivity contribution in [1.82, 2.24) is 0 Å². The molecule has 0 fully saturated rings. The van der Waals surface area contributed by atoms with Crippen LogP contribution in [0.15, 0.2) is 48.5 Å². The van der Waals surface area contributed by atoms with E-state index >= 15 is 0 Å². The zero-order valence-corrected chi connectivity index (χ0v) is 16.7. The lowest BCUT2D eigenvalue weighted by molar-refractivity contribution is 0.172. The number of halogens is 1. The van der Waals surface area contributed by atoms with Crippen LogP contribution in [-0.2, 0) is 10.2 Å². The van der Waals surface area contributed by atoms with Gasteiger partial charge in [0.2, 0.25) is 0 Å². The van der Waals surface area contributed by atoms with Gasteiger partial charge in [0.15, 0.2) is 0 Å². The summed E-state index contributed by atoms with van der Waals surface area (Å²) in [5.74, 6) is 2.40. The minimum Gasteiger partial charge on any atom is -0.494 e. The molecule has 2 aromatic rings. The molecule has 0 aliphatic heterocycles. The Morgan fingerprint density at radius 2 is 1.19 bits per heavy atom. The minimum atomic E-state index is -0.0940. The molecule has 142 valence electrons. The molecule has 0 atom stereocenters. The zero-order chi connectivity index (χ0) is 18.8. The Morgan fingerprint density at radius 3 is 1.62 bits per heavy atom. The summed E-state index contributed by atoms with van der Waals surface area (Å²) in [6, 6.07) is 16.7. The van der Waals surface area contributed by atoms with Crippen molar-refractivity contribution >= 4 is 11.6 Å². The largest absolute Gasteiger partial charge is 0.494 e. The fourth-order valence-corrected chi connectivity index (χ4v) is 2.85. The molecular formula is C22H29ClO3. The molecule has 0 heterocycles. The van der Waals surface area contributed by atoms with Crippen LogP contribution in [0.25, 0.3) is 0 Å².